The van der Waals surface area contributed by atoms with Crippen LogP contribution in [0.25, 0.3) is 0 Å². The van der Waals surface area contributed by atoms with E-state index in [1.54, 1.807) is 38.1 Å². The third-order valence-electron chi connectivity index (χ3n) is 5.05. The number of hydrogen-bond acceptors (Lipinski definition) is 4. The summed E-state index contributed by atoms with van der Waals surface area (Å²) in [5, 5.41) is 0. The Morgan fingerprint density at radius 2 is 1.46 bits per heavy atom. The average molecular weight is 402 g/mol. The molecule has 1 heterocycles. The van der Waals surface area contributed by atoms with Crippen molar-refractivity contribution in [3.05, 3.63) is 58.7 Å². The lowest BCUT2D eigenvalue weighted by Gasteiger charge is -2.32. The van der Waals surface area contributed by atoms with Crippen LogP contribution < -0.4 is 4.72 Å². The molecule has 150 valence electrons. The number of rotatable bonds is 4. The van der Waals surface area contributed by atoms with Gasteiger partial charge in [-0.2, -0.15) is 0 Å². The van der Waals surface area contributed by atoms with Crippen molar-refractivity contribution in [3.63, 3.8) is 0 Å². The number of nitrogens with zero attached hydrogens (tertiary/aromatic N) is 2. The lowest BCUT2D eigenvalue weighted by Crippen LogP contribution is -2.47. The fraction of sp³-hybridized carbons (Fsp3) is 0.381. The molecule has 0 atom stereocenters. The molecular formula is C21H27N3O3S. The molecule has 0 aliphatic carbocycles. The highest BCUT2D eigenvalue weighted by Crippen LogP contribution is 2.24. The number of carbonyl (C=O) groups excluding carboxylic acids is 1. The van der Waals surface area contributed by atoms with Crippen molar-refractivity contribution in [1.82, 2.24) is 9.80 Å². The summed E-state index contributed by atoms with van der Waals surface area (Å²) in [5.41, 5.74) is 3.46. The number of benzene rings is 2. The summed E-state index contributed by atoms with van der Waals surface area (Å²) in [5.74, 6) is -0.0206. The number of aryl methyl sites for hydroxylation is 3. The number of carbonyl (C=O) groups is 1. The van der Waals surface area contributed by atoms with Crippen molar-refractivity contribution >= 4 is 21.6 Å². The van der Waals surface area contributed by atoms with Gasteiger partial charge in [0.2, 0.25) is 0 Å². The fourth-order valence-electron chi connectivity index (χ4n) is 3.67. The van der Waals surface area contributed by atoms with Gasteiger partial charge in [-0.25, -0.2) is 8.42 Å². The largest absolute Gasteiger partial charge is 0.336 e. The van der Waals surface area contributed by atoms with Gasteiger partial charge < -0.3 is 9.80 Å². The number of hydrogen-bond donors (Lipinski definition) is 1. The van der Waals surface area contributed by atoms with Gasteiger partial charge in [0.25, 0.3) is 15.9 Å². The molecule has 0 saturated carbocycles. The summed E-state index contributed by atoms with van der Waals surface area (Å²) in [6, 6.07) is 10.3. The van der Waals surface area contributed by atoms with Crippen LogP contribution in [0.15, 0.2) is 41.3 Å². The first-order valence-electron chi connectivity index (χ1n) is 9.36. The number of piperazine rings is 1. The molecule has 0 spiro atoms. The Balaban J connectivity index is 1.76. The average Bonchev–Trinajstić information content (AvgIpc) is 2.61. The molecule has 2 aromatic rings. The summed E-state index contributed by atoms with van der Waals surface area (Å²) in [6.07, 6.45) is 0. The van der Waals surface area contributed by atoms with Crippen molar-refractivity contribution < 1.29 is 13.2 Å². The molecular weight excluding hydrogens is 374 g/mol. The van der Waals surface area contributed by atoms with Crippen LogP contribution in [0.5, 0.6) is 0 Å². The maximum atomic E-state index is 12.9. The van der Waals surface area contributed by atoms with Crippen LogP contribution in [0.1, 0.15) is 27.0 Å². The Bertz CT molecular complexity index is 953. The molecule has 3 rings (SSSR count). The predicted molar refractivity (Wildman–Crippen MR) is 111 cm³/mol. The Morgan fingerprint density at radius 1 is 0.929 bits per heavy atom. The number of anilines is 1. The summed E-state index contributed by atoms with van der Waals surface area (Å²) in [7, 11) is -1.66. The molecule has 1 saturated heterocycles. The minimum Gasteiger partial charge on any atom is -0.336 e. The highest BCUT2D eigenvalue weighted by Gasteiger charge is 2.22. The van der Waals surface area contributed by atoms with Crippen molar-refractivity contribution in [3.8, 4) is 0 Å². The molecule has 6 nitrogen and oxygen atoms in total. The first kappa shape index (κ1) is 20.4. The molecule has 1 N–H and O–H groups in total. The number of sulfonamides is 1. The molecule has 1 aliphatic rings. The molecule has 0 unspecified atom stereocenters. The van der Waals surface area contributed by atoms with Gasteiger partial charge in [0.15, 0.2) is 0 Å². The van der Waals surface area contributed by atoms with Crippen molar-refractivity contribution in [2.45, 2.75) is 25.7 Å². The first-order valence-corrected chi connectivity index (χ1v) is 10.8. The van der Waals surface area contributed by atoms with Crippen molar-refractivity contribution in [2.75, 3.05) is 37.9 Å². The van der Waals surface area contributed by atoms with Crippen LogP contribution in [0.3, 0.4) is 0 Å². The molecule has 1 amide bonds. The van der Waals surface area contributed by atoms with Gasteiger partial charge in [-0.1, -0.05) is 17.7 Å². The zero-order chi connectivity index (χ0) is 20.5. The smallest absolute Gasteiger partial charge is 0.262 e. The topological polar surface area (TPSA) is 69.7 Å². The molecule has 7 heteroatoms. The van der Waals surface area contributed by atoms with Gasteiger partial charge in [-0.15, -0.1) is 0 Å². The van der Waals surface area contributed by atoms with Gasteiger partial charge >= 0.3 is 0 Å². The third-order valence-corrected chi connectivity index (χ3v) is 6.73. The van der Waals surface area contributed by atoms with Crippen molar-refractivity contribution in [2.24, 2.45) is 0 Å². The molecule has 28 heavy (non-hydrogen) atoms. The van der Waals surface area contributed by atoms with E-state index in [1.165, 1.54) is 0 Å². The summed E-state index contributed by atoms with van der Waals surface area (Å²) in [6.45, 7) is 8.67. The van der Waals surface area contributed by atoms with Gasteiger partial charge in [-0.3, -0.25) is 9.52 Å². The van der Waals surface area contributed by atoms with E-state index in [2.05, 4.69) is 9.62 Å². The lowest BCUT2D eigenvalue weighted by molar-refractivity contribution is 0.0664. The van der Waals surface area contributed by atoms with E-state index < -0.39 is 10.0 Å². The van der Waals surface area contributed by atoms with Crippen LogP contribution >= 0.6 is 0 Å². The normalized spacial score (nSPS) is 15.5. The van der Waals surface area contributed by atoms with Crippen LogP contribution in [-0.4, -0.2) is 57.4 Å². The fourth-order valence-corrected chi connectivity index (χ4v) is 5.18. The second-order valence-corrected chi connectivity index (χ2v) is 9.13. The van der Waals surface area contributed by atoms with Crippen LogP contribution in [0.2, 0.25) is 0 Å². The monoisotopic (exact) mass is 401 g/mol. The molecule has 0 bridgehead atoms. The van der Waals surface area contributed by atoms with Crippen LogP contribution in [-0.2, 0) is 10.0 Å². The Labute approximate surface area is 167 Å². The van der Waals surface area contributed by atoms with E-state index in [0.717, 1.165) is 18.7 Å². The highest BCUT2D eigenvalue weighted by atomic mass is 32.2. The van der Waals surface area contributed by atoms with Gasteiger partial charge in [-0.05, 0) is 63.2 Å². The minimum atomic E-state index is -3.70. The van der Waals surface area contributed by atoms with E-state index in [4.69, 9.17) is 0 Å². The summed E-state index contributed by atoms with van der Waals surface area (Å²) < 4.78 is 28.3. The molecule has 1 aliphatic heterocycles. The van der Waals surface area contributed by atoms with Crippen LogP contribution in [0, 0.1) is 20.8 Å². The molecule has 1 fully saturated rings. The van der Waals surface area contributed by atoms with E-state index in [1.807, 2.05) is 31.0 Å². The second-order valence-electron chi connectivity index (χ2n) is 7.51. The maximum absolute atomic E-state index is 12.9. The SMILES string of the molecule is Cc1cc(C)c(S(=O)(=O)Nc2ccc(C(=O)N3CCN(C)CC3)cc2)c(C)c1. The van der Waals surface area contributed by atoms with E-state index in [-0.39, 0.29) is 5.91 Å². The van der Waals surface area contributed by atoms with Crippen molar-refractivity contribution in [1.29, 1.82) is 0 Å². The quantitative estimate of drug-likeness (QED) is 0.855. The second kappa shape index (κ2) is 7.93. The summed E-state index contributed by atoms with van der Waals surface area (Å²) in [4.78, 5) is 16.9. The number of likely N-dealkylation sites (N-methyl/N-ethyl adjacent to an activating group) is 1. The first-order chi connectivity index (χ1) is 13.2. The Kier molecular flexibility index (Phi) is 5.76. The van der Waals surface area contributed by atoms with Gasteiger partial charge in [0, 0.05) is 37.4 Å². The number of nitrogens with one attached hydrogen (secondary N) is 1. The minimum absolute atomic E-state index is 0.0206. The van der Waals surface area contributed by atoms with E-state index in [0.29, 0.717) is 40.4 Å². The number of amides is 1. The zero-order valence-electron chi connectivity index (χ0n) is 16.8. The maximum Gasteiger partial charge on any atom is 0.262 e. The Morgan fingerprint density at radius 3 is 2.00 bits per heavy atom. The molecule has 0 radical (unpaired) electrons. The third kappa shape index (κ3) is 4.36. The Hall–Kier alpha value is -2.38. The van der Waals surface area contributed by atoms with Crippen LogP contribution in [0.4, 0.5) is 5.69 Å². The van der Waals surface area contributed by atoms with Gasteiger partial charge in [0.1, 0.15) is 0 Å². The highest BCUT2D eigenvalue weighted by molar-refractivity contribution is 7.92. The lowest BCUT2D eigenvalue weighted by atomic mass is 10.1. The predicted octanol–water partition coefficient (Wildman–Crippen LogP) is 2.80. The standard InChI is InChI=1S/C21H27N3O3S/c1-15-13-16(2)20(17(3)14-15)28(26,27)22-19-7-5-18(6-8-19)21(25)24-11-9-23(4)10-12-24/h5-8,13-14,22H,9-12H2,1-4H3. The van der Waals surface area contributed by atoms with Gasteiger partial charge in [0.05, 0.1) is 4.90 Å². The zero-order valence-corrected chi connectivity index (χ0v) is 17.6. The van der Waals surface area contributed by atoms with E-state index in [9.17, 15) is 13.2 Å². The molecule has 2 aromatic carbocycles. The molecule has 0 aromatic heterocycles. The summed E-state index contributed by atoms with van der Waals surface area (Å²) >= 11 is 0. The van der Waals surface area contributed by atoms with E-state index >= 15 is 0 Å².